The van der Waals surface area contributed by atoms with Crippen molar-refractivity contribution in [1.82, 2.24) is 4.90 Å². The van der Waals surface area contributed by atoms with Crippen molar-refractivity contribution >= 4 is 39.9 Å². The van der Waals surface area contributed by atoms with Gasteiger partial charge in [-0.05, 0) is 12.1 Å². The van der Waals surface area contributed by atoms with Crippen molar-refractivity contribution in [2.75, 3.05) is 24.7 Å². The molecule has 3 aliphatic rings. The van der Waals surface area contributed by atoms with Crippen molar-refractivity contribution < 1.29 is 23.8 Å². The van der Waals surface area contributed by atoms with Gasteiger partial charge in [0.05, 0.1) is 29.1 Å². The minimum Gasteiger partial charge on any atom is -0.293 e. The Morgan fingerprint density at radius 1 is 1.14 bits per heavy atom. The molecule has 3 unspecified atom stereocenters. The first-order chi connectivity index (χ1) is 13.4. The zero-order valence-corrected chi connectivity index (χ0v) is 15.1. The van der Waals surface area contributed by atoms with Gasteiger partial charge in [0, 0.05) is 18.4 Å². The molecule has 1 spiro atoms. The van der Waals surface area contributed by atoms with Crippen LogP contribution in [0.25, 0.3) is 10.8 Å². The number of carbonyl (C=O) groups excluding carboxylic acids is 3. The van der Waals surface area contributed by atoms with Crippen LogP contribution >= 0.6 is 0 Å². The molecule has 3 saturated heterocycles. The highest BCUT2D eigenvalue weighted by Crippen LogP contribution is 2.45. The molecule has 2 bridgehead atoms. The van der Waals surface area contributed by atoms with Crippen LogP contribution in [-0.2, 0) is 9.59 Å². The molecule has 9 nitrogen and oxygen atoms in total. The van der Waals surface area contributed by atoms with Gasteiger partial charge in [-0.2, -0.15) is 4.90 Å². The van der Waals surface area contributed by atoms with E-state index in [1.807, 2.05) is 4.90 Å². The number of hydrogen-bond acceptors (Lipinski definition) is 6. The molecule has 4 atom stereocenters. The number of nitro benzene ring substituents is 1. The quantitative estimate of drug-likeness (QED) is 0.347. The highest BCUT2D eigenvalue weighted by atomic mass is 16.6. The standard InChI is InChI=1S/C19H17N4O5/c1-11(24)16-8-20-9-17-18(25)21(19(26)23(16,17)10-20)14-6-7-15(22(27)28)13-5-3-2-4-12(13)14/h2-7,16-17H,8-10H2,1H3/q+1. The Bertz CT molecular complexity index is 1100. The summed E-state index contributed by atoms with van der Waals surface area (Å²) in [7, 11) is 0. The normalized spacial score (nSPS) is 30.9. The Labute approximate surface area is 159 Å². The SMILES string of the molecule is CC(=O)C1C[N@@]2CC3C(=O)N(c4ccc([N+](=O)[O-])c5ccccc45)C(=O)[N+]13C2. The second-order valence-electron chi connectivity index (χ2n) is 7.61. The summed E-state index contributed by atoms with van der Waals surface area (Å²) in [6.07, 6.45) is 0. The third-order valence-electron chi connectivity index (χ3n) is 6.25. The molecule has 2 aromatic rings. The van der Waals surface area contributed by atoms with Gasteiger partial charge < -0.3 is 0 Å². The first kappa shape index (κ1) is 17.0. The number of benzene rings is 2. The maximum atomic E-state index is 13.5. The van der Waals surface area contributed by atoms with E-state index in [1.165, 1.54) is 19.1 Å². The lowest BCUT2D eigenvalue weighted by atomic mass is 10.1. The summed E-state index contributed by atoms with van der Waals surface area (Å²) in [5, 5.41) is 12.2. The van der Waals surface area contributed by atoms with Crippen LogP contribution < -0.4 is 4.90 Å². The molecule has 0 aromatic heterocycles. The molecule has 2 aromatic carbocycles. The van der Waals surface area contributed by atoms with Gasteiger partial charge >= 0.3 is 6.03 Å². The number of ketones is 1. The fourth-order valence-electron chi connectivity index (χ4n) is 5.04. The highest BCUT2D eigenvalue weighted by Gasteiger charge is 2.73. The average Bonchev–Trinajstić information content (AvgIpc) is 3.30. The molecular formula is C19H17N4O5+. The number of nitro groups is 1. The molecule has 28 heavy (non-hydrogen) atoms. The number of piperazine rings is 1. The first-order valence-electron chi connectivity index (χ1n) is 9.01. The van der Waals surface area contributed by atoms with Crippen LogP contribution in [0, 0.1) is 10.1 Å². The minimum absolute atomic E-state index is 0.0834. The molecule has 0 saturated carbocycles. The van der Waals surface area contributed by atoms with Crippen LogP contribution in [0.4, 0.5) is 16.2 Å². The Morgan fingerprint density at radius 3 is 2.54 bits per heavy atom. The van der Waals surface area contributed by atoms with Gasteiger partial charge in [0.15, 0.2) is 17.9 Å². The Hall–Kier alpha value is -3.17. The molecular weight excluding hydrogens is 364 g/mol. The van der Waals surface area contributed by atoms with Crippen molar-refractivity contribution in [1.29, 1.82) is 0 Å². The maximum absolute atomic E-state index is 13.5. The predicted octanol–water partition coefficient (Wildman–Crippen LogP) is 1.64. The number of quaternary nitrogens is 1. The van der Waals surface area contributed by atoms with Gasteiger partial charge in [-0.15, -0.1) is 0 Å². The monoisotopic (exact) mass is 381 g/mol. The lowest BCUT2D eigenvalue weighted by molar-refractivity contribution is -0.852. The van der Waals surface area contributed by atoms with Gasteiger partial charge in [-0.3, -0.25) is 19.7 Å². The van der Waals surface area contributed by atoms with Gasteiger partial charge in [0.25, 0.3) is 11.6 Å². The second-order valence-corrected chi connectivity index (χ2v) is 7.61. The smallest absolute Gasteiger partial charge is 0.293 e. The Morgan fingerprint density at radius 2 is 1.86 bits per heavy atom. The highest BCUT2D eigenvalue weighted by molar-refractivity contribution is 6.22. The average molecular weight is 381 g/mol. The van der Waals surface area contributed by atoms with Crippen molar-refractivity contribution in [2.24, 2.45) is 0 Å². The van der Waals surface area contributed by atoms with E-state index in [2.05, 4.69) is 0 Å². The number of urea groups is 1. The third-order valence-corrected chi connectivity index (χ3v) is 6.25. The number of hydrogen-bond donors (Lipinski definition) is 0. The van der Waals surface area contributed by atoms with E-state index in [9.17, 15) is 24.5 Å². The van der Waals surface area contributed by atoms with Crippen LogP contribution in [-0.4, -0.2) is 63.9 Å². The van der Waals surface area contributed by atoms with Crippen molar-refractivity contribution in [2.45, 2.75) is 19.0 Å². The fourth-order valence-corrected chi connectivity index (χ4v) is 5.04. The summed E-state index contributed by atoms with van der Waals surface area (Å²) in [4.78, 5) is 53.0. The van der Waals surface area contributed by atoms with E-state index in [0.717, 1.165) is 4.90 Å². The van der Waals surface area contributed by atoms with E-state index in [1.54, 1.807) is 24.3 Å². The largest absolute Gasteiger partial charge is 0.433 e. The number of carbonyl (C=O) groups is 3. The van der Waals surface area contributed by atoms with Gasteiger partial charge in [0.1, 0.15) is 6.67 Å². The zero-order chi connectivity index (χ0) is 19.8. The number of rotatable bonds is 3. The number of amides is 3. The van der Waals surface area contributed by atoms with Gasteiger partial charge in [0.2, 0.25) is 0 Å². The lowest BCUT2D eigenvalue weighted by Crippen LogP contribution is -2.62. The van der Waals surface area contributed by atoms with Crippen LogP contribution in [0.15, 0.2) is 36.4 Å². The van der Waals surface area contributed by atoms with Crippen molar-refractivity contribution in [3.05, 3.63) is 46.5 Å². The van der Waals surface area contributed by atoms with Gasteiger partial charge in [-0.25, -0.2) is 14.2 Å². The number of nitrogens with zero attached hydrogens (tertiary/aromatic N) is 4. The third kappa shape index (κ3) is 1.89. The number of fused-ring (bicyclic) bond motifs is 2. The number of non-ortho nitro benzene ring substituents is 1. The minimum atomic E-state index is -0.607. The summed E-state index contributed by atoms with van der Waals surface area (Å²) >= 11 is 0. The molecule has 3 aliphatic heterocycles. The van der Waals surface area contributed by atoms with Crippen molar-refractivity contribution in [3.63, 3.8) is 0 Å². The number of Topliss-reactive ketones (excluding diaryl/α,β-unsaturated/α-hetero) is 1. The van der Waals surface area contributed by atoms with E-state index in [-0.39, 0.29) is 21.9 Å². The van der Waals surface area contributed by atoms with Gasteiger partial charge in [-0.1, -0.05) is 18.2 Å². The summed E-state index contributed by atoms with van der Waals surface area (Å²) < 4.78 is -0.181. The van der Waals surface area contributed by atoms with Crippen LogP contribution in [0.2, 0.25) is 0 Å². The van der Waals surface area contributed by atoms with E-state index in [4.69, 9.17) is 0 Å². The molecule has 5 rings (SSSR count). The molecule has 0 aliphatic carbocycles. The molecule has 0 radical (unpaired) electrons. The maximum Gasteiger partial charge on any atom is 0.433 e. The molecule has 3 heterocycles. The number of imide groups is 1. The number of anilines is 1. The summed E-state index contributed by atoms with van der Waals surface area (Å²) in [5.74, 6) is -0.457. The molecule has 0 N–H and O–H groups in total. The lowest BCUT2D eigenvalue weighted by Gasteiger charge is -2.32. The molecule has 3 fully saturated rings. The molecule has 142 valence electrons. The summed E-state index contributed by atoms with van der Waals surface area (Å²) in [6, 6.07) is 7.85. The van der Waals surface area contributed by atoms with E-state index < -0.39 is 23.0 Å². The van der Waals surface area contributed by atoms with Crippen LogP contribution in [0.3, 0.4) is 0 Å². The molecule has 9 heteroatoms. The van der Waals surface area contributed by atoms with E-state index in [0.29, 0.717) is 36.2 Å². The summed E-state index contributed by atoms with van der Waals surface area (Å²) in [6.45, 7) is 2.72. The Balaban J connectivity index is 1.69. The van der Waals surface area contributed by atoms with Crippen molar-refractivity contribution in [3.8, 4) is 0 Å². The zero-order valence-electron chi connectivity index (χ0n) is 15.1. The predicted molar refractivity (Wildman–Crippen MR) is 98.4 cm³/mol. The van der Waals surface area contributed by atoms with Crippen LogP contribution in [0.5, 0.6) is 0 Å². The first-order valence-corrected chi connectivity index (χ1v) is 9.01. The second kappa shape index (κ2) is 5.43. The van der Waals surface area contributed by atoms with E-state index >= 15 is 0 Å². The Kier molecular flexibility index (Phi) is 3.29. The fraction of sp³-hybridized carbons (Fsp3) is 0.316. The van der Waals surface area contributed by atoms with Crippen LogP contribution in [0.1, 0.15) is 6.92 Å². The molecule has 3 amide bonds. The summed E-state index contributed by atoms with van der Waals surface area (Å²) in [5.41, 5.74) is 0.249. The topological polar surface area (TPSA) is 101 Å².